The molecule has 0 bridgehead atoms. The van der Waals surface area contributed by atoms with E-state index in [0.29, 0.717) is 16.8 Å². The van der Waals surface area contributed by atoms with Crippen LogP contribution >= 0.6 is 0 Å². The molecular formula is C39H28N6. The van der Waals surface area contributed by atoms with Crippen molar-refractivity contribution < 1.29 is 0 Å². The standard InChI is InChI=1S/C20H13N3.C19H15N3/c21-13-17-9-5-11-19-20(17)22-14-23(19)18-10-4-8-16(12-18)15-6-2-1-3-7-15;20-13-16-9-5-11-18(19(16)21)22-17-10-4-8-15(12-17)14-6-2-1-3-7-14/h1-12,14H;1-12,22H,21H2. The van der Waals surface area contributed by atoms with Gasteiger partial charge in [-0.05, 0) is 70.8 Å². The average molecular weight is 581 g/mol. The molecule has 7 aromatic rings. The summed E-state index contributed by atoms with van der Waals surface area (Å²) in [5.41, 5.74) is 16.5. The molecule has 0 fully saturated rings. The Balaban J connectivity index is 0.000000159. The number of nitrogen functional groups attached to an aromatic ring is 1. The summed E-state index contributed by atoms with van der Waals surface area (Å²) in [7, 11) is 0. The van der Waals surface area contributed by atoms with Gasteiger partial charge in [0.2, 0.25) is 0 Å². The number of hydrogen-bond acceptors (Lipinski definition) is 5. The molecule has 0 unspecified atom stereocenters. The van der Waals surface area contributed by atoms with Crippen molar-refractivity contribution in [2.24, 2.45) is 0 Å². The van der Waals surface area contributed by atoms with Gasteiger partial charge in [0.15, 0.2) is 0 Å². The molecule has 0 aliphatic rings. The number of aromatic nitrogens is 2. The summed E-state index contributed by atoms with van der Waals surface area (Å²) in [4.78, 5) is 4.41. The Kier molecular flexibility index (Phi) is 8.31. The van der Waals surface area contributed by atoms with Crippen LogP contribution in [-0.2, 0) is 0 Å². The monoisotopic (exact) mass is 580 g/mol. The molecule has 0 aliphatic heterocycles. The van der Waals surface area contributed by atoms with Crippen LogP contribution < -0.4 is 11.1 Å². The van der Waals surface area contributed by atoms with Crippen molar-refractivity contribution in [1.29, 1.82) is 10.5 Å². The number of nitrogens with zero attached hydrogens (tertiary/aromatic N) is 4. The van der Waals surface area contributed by atoms with E-state index in [9.17, 15) is 5.26 Å². The van der Waals surface area contributed by atoms with E-state index in [1.54, 1.807) is 18.5 Å². The van der Waals surface area contributed by atoms with E-state index < -0.39 is 0 Å². The molecule has 1 aromatic heterocycles. The van der Waals surface area contributed by atoms with Crippen molar-refractivity contribution in [3.05, 3.63) is 163 Å². The van der Waals surface area contributed by atoms with Crippen LogP contribution in [0.4, 0.5) is 17.1 Å². The fraction of sp³-hybridized carbons (Fsp3) is 0. The third kappa shape index (κ3) is 6.27. The van der Waals surface area contributed by atoms with Crippen LogP contribution in [0.2, 0.25) is 0 Å². The Morgan fingerprint density at radius 3 is 1.84 bits per heavy atom. The predicted molar refractivity (Wildman–Crippen MR) is 182 cm³/mol. The summed E-state index contributed by atoms with van der Waals surface area (Å²) in [6.07, 6.45) is 1.77. The second-order valence-electron chi connectivity index (χ2n) is 10.3. The van der Waals surface area contributed by atoms with Gasteiger partial charge in [0.1, 0.15) is 24.0 Å². The van der Waals surface area contributed by atoms with E-state index in [1.165, 1.54) is 5.56 Å². The fourth-order valence-electron chi connectivity index (χ4n) is 5.14. The maximum atomic E-state index is 9.21. The lowest BCUT2D eigenvalue weighted by molar-refractivity contribution is 1.09. The fourth-order valence-corrected chi connectivity index (χ4v) is 5.14. The van der Waals surface area contributed by atoms with Crippen molar-refractivity contribution in [3.8, 4) is 40.1 Å². The number of nitrogens with two attached hydrogens (primary N) is 1. The zero-order valence-corrected chi connectivity index (χ0v) is 24.3. The zero-order valence-electron chi connectivity index (χ0n) is 24.3. The molecule has 214 valence electrons. The molecule has 45 heavy (non-hydrogen) atoms. The Labute approximate surface area is 261 Å². The Morgan fingerprint density at radius 2 is 1.16 bits per heavy atom. The molecule has 6 nitrogen and oxygen atoms in total. The minimum atomic E-state index is 0.468. The van der Waals surface area contributed by atoms with Crippen LogP contribution in [0, 0.1) is 22.7 Å². The van der Waals surface area contributed by atoms with E-state index >= 15 is 0 Å². The van der Waals surface area contributed by atoms with Gasteiger partial charge in [0.05, 0.1) is 28.0 Å². The minimum Gasteiger partial charge on any atom is -0.396 e. The van der Waals surface area contributed by atoms with Crippen LogP contribution in [0.1, 0.15) is 11.1 Å². The van der Waals surface area contributed by atoms with Crippen LogP contribution in [-0.4, -0.2) is 9.55 Å². The first-order valence-electron chi connectivity index (χ1n) is 14.4. The zero-order chi connectivity index (χ0) is 31.0. The van der Waals surface area contributed by atoms with Gasteiger partial charge < -0.3 is 11.1 Å². The number of anilines is 3. The van der Waals surface area contributed by atoms with Gasteiger partial charge in [0.25, 0.3) is 0 Å². The number of imidazole rings is 1. The first-order valence-corrected chi connectivity index (χ1v) is 14.4. The second-order valence-corrected chi connectivity index (χ2v) is 10.3. The molecule has 0 aliphatic carbocycles. The highest BCUT2D eigenvalue weighted by molar-refractivity contribution is 5.83. The Bertz CT molecular complexity index is 2170. The number of rotatable bonds is 5. The number of para-hydroxylation sites is 2. The third-order valence-corrected chi connectivity index (χ3v) is 7.40. The van der Waals surface area contributed by atoms with Crippen LogP contribution in [0.15, 0.2) is 152 Å². The third-order valence-electron chi connectivity index (χ3n) is 7.40. The van der Waals surface area contributed by atoms with E-state index in [0.717, 1.165) is 44.8 Å². The van der Waals surface area contributed by atoms with Gasteiger partial charge in [-0.15, -0.1) is 0 Å². The Hall–Kier alpha value is -6.63. The van der Waals surface area contributed by atoms with Crippen LogP contribution in [0.25, 0.3) is 39.0 Å². The first kappa shape index (κ1) is 28.5. The summed E-state index contributed by atoms with van der Waals surface area (Å²) in [6.45, 7) is 0. The van der Waals surface area contributed by atoms with E-state index in [2.05, 4.69) is 71.0 Å². The van der Waals surface area contributed by atoms with E-state index in [-0.39, 0.29) is 0 Å². The lowest BCUT2D eigenvalue weighted by Gasteiger charge is -2.11. The van der Waals surface area contributed by atoms with Crippen LogP contribution in [0.3, 0.4) is 0 Å². The molecular weight excluding hydrogens is 552 g/mol. The topological polar surface area (TPSA) is 103 Å². The molecule has 7 rings (SSSR count). The van der Waals surface area contributed by atoms with Gasteiger partial charge in [-0.25, -0.2) is 4.98 Å². The van der Waals surface area contributed by atoms with E-state index in [4.69, 9.17) is 11.0 Å². The number of benzene rings is 6. The Morgan fingerprint density at radius 1 is 0.578 bits per heavy atom. The van der Waals surface area contributed by atoms with Gasteiger partial charge in [-0.2, -0.15) is 10.5 Å². The van der Waals surface area contributed by atoms with Crippen LogP contribution in [0.5, 0.6) is 0 Å². The summed E-state index contributed by atoms with van der Waals surface area (Å²) in [5, 5.41) is 21.5. The maximum Gasteiger partial charge on any atom is 0.107 e. The molecule has 1 heterocycles. The lowest BCUT2D eigenvalue weighted by Crippen LogP contribution is -1.98. The molecule has 0 saturated heterocycles. The molecule has 0 atom stereocenters. The smallest absolute Gasteiger partial charge is 0.107 e. The molecule has 0 radical (unpaired) electrons. The van der Waals surface area contributed by atoms with Gasteiger partial charge in [0, 0.05) is 11.4 Å². The average Bonchev–Trinajstić information content (AvgIpc) is 3.55. The highest BCUT2D eigenvalue weighted by atomic mass is 15.0. The van der Waals surface area contributed by atoms with Crippen molar-refractivity contribution in [3.63, 3.8) is 0 Å². The summed E-state index contributed by atoms with van der Waals surface area (Å²) < 4.78 is 2.02. The predicted octanol–water partition coefficient (Wildman–Crippen LogP) is 9.12. The largest absolute Gasteiger partial charge is 0.396 e. The SMILES string of the molecule is N#Cc1cccc(Nc2cccc(-c3ccccc3)c2)c1N.N#Cc1cccc2c1ncn2-c1cccc(-c2ccccc2)c1. The normalized spacial score (nSPS) is 10.3. The summed E-state index contributed by atoms with van der Waals surface area (Å²) in [5.74, 6) is 0. The molecule has 3 N–H and O–H groups in total. The van der Waals surface area contributed by atoms with Crippen molar-refractivity contribution >= 4 is 28.1 Å². The summed E-state index contributed by atoms with van der Waals surface area (Å²) in [6, 6.07) is 52.2. The maximum absolute atomic E-state index is 9.21. The van der Waals surface area contributed by atoms with Gasteiger partial charge in [-0.3, -0.25) is 4.57 Å². The van der Waals surface area contributed by atoms with Crippen molar-refractivity contribution in [2.45, 2.75) is 0 Å². The van der Waals surface area contributed by atoms with E-state index in [1.807, 2.05) is 89.5 Å². The highest BCUT2D eigenvalue weighted by Crippen LogP contribution is 2.29. The molecule has 0 amide bonds. The molecule has 0 spiro atoms. The number of hydrogen-bond donors (Lipinski definition) is 2. The number of nitrogens with one attached hydrogen (secondary N) is 1. The number of nitriles is 2. The van der Waals surface area contributed by atoms with Crippen molar-refractivity contribution in [1.82, 2.24) is 9.55 Å². The lowest BCUT2D eigenvalue weighted by atomic mass is 10.1. The molecule has 0 saturated carbocycles. The van der Waals surface area contributed by atoms with Gasteiger partial charge in [-0.1, -0.05) is 97.1 Å². The first-order chi connectivity index (χ1) is 22.1. The van der Waals surface area contributed by atoms with Gasteiger partial charge >= 0.3 is 0 Å². The second kappa shape index (κ2) is 13.1. The quantitative estimate of drug-likeness (QED) is 0.198. The molecule has 6 aromatic carbocycles. The molecule has 6 heteroatoms. The highest BCUT2D eigenvalue weighted by Gasteiger charge is 2.09. The number of fused-ring (bicyclic) bond motifs is 1. The summed E-state index contributed by atoms with van der Waals surface area (Å²) >= 11 is 0. The minimum absolute atomic E-state index is 0.468. The van der Waals surface area contributed by atoms with Crippen molar-refractivity contribution in [2.75, 3.05) is 11.1 Å².